The number of halogens is 2. The molecule has 0 unspecified atom stereocenters. The zero-order valence-electron chi connectivity index (χ0n) is 22.3. The predicted molar refractivity (Wildman–Crippen MR) is 145 cm³/mol. The van der Waals surface area contributed by atoms with Crippen LogP contribution in [0.1, 0.15) is 5.56 Å². The van der Waals surface area contributed by atoms with Gasteiger partial charge in [-0.1, -0.05) is 6.07 Å². The van der Waals surface area contributed by atoms with E-state index in [9.17, 15) is 23.2 Å². The van der Waals surface area contributed by atoms with Crippen LogP contribution >= 0.6 is 0 Å². The highest BCUT2D eigenvalue weighted by molar-refractivity contribution is 5.78. The van der Waals surface area contributed by atoms with E-state index in [1.165, 1.54) is 13.1 Å². The first kappa shape index (κ1) is 28.0. The molecule has 0 bridgehead atoms. The Morgan fingerprint density at radius 2 is 1.73 bits per heavy atom. The van der Waals surface area contributed by atoms with Gasteiger partial charge in [0, 0.05) is 45.3 Å². The molecule has 1 saturated heterocycles. The predicted octanol–water partition coefficient (Wildman–Crippen LogP) is 0.360. The summed E-state index contributed by atoms with van der Waals surface area (Å²) in [6.07, 6.45) is 0. The molecule has 2 aromatic heterocycles. The van der Waals surface area contributed by atoms with Gasteiger partial charge in [-0.3, -0.25) is 23.6 Å². The summed E-state index contributed by atoms with van der Waals surface area (Å²) in [7, 11) is 1.30. The van der Waals surface area contributed by atoms with Crippen molar-refractivity contribution in [3.8, 4) is 17.1 Å². The molecule has 5 rings (SSSR count). The summed E-state index contributed by atoms with van der Waals surface area (Å²) in [6, 6.07) is 10.2. The number of aromatic nitrogens is 5. The second-order valence-electron chi connectivity index (χ2n) is 9.59. The van der Waals surface area contributed by atoms with Crippen LogP contribution in [0.5, 0.6) is 5.75 Å². The Bertz CT molecular complexity index is 1700. The van der Waals surface area contributed by atoms with Gasteiger partial charge in [-0.05, 0) is 42.0 Å². The number of rotatable bonds is 8. The number of ether oxygens (including phenoxy) is 1. The maximum atomic E-state index is 13.7. The van der Waals surface area contributed by atoms with E-state index < -0.39 is 22.9 Å². The third kappa shape index (κ3) is 5.98. The minimum atomic E-state index is -1.05. The molecule has 1 amide bonds. The van der Waals surface area contributed by atoms with Gasteiger partial charge in [0.05, 0.1) is 13.1 Å². The first-order valence-corrected chi connectivity index (χ1v) is 13.0. The molecule has 0 aliphatic carbocycles. The molecular weight excluding hydrogens is 538 g/mol. The van der Waals surface area contributed by atoms with E-state index in [0.29, 0.717) is 43.1 Å². The lowest BCUT2D eigenvalue weighted by atomic mass is 10.2. The van der Waals surface area contributed by atoms with Gasteiger partial charge in [0.15, 0.2) is 28.6 Å². The molecule has 1 fully saturated rings. The molecule has 1 aliphatic rings. The minimum Gasteiger partial charge on any atom is -0.492 e. The lowest BCUT2D eigenvalue weighted by molar-refractivity contribution is -0.131. The van der Waals surface area contributed by atoms with Crippen LogP contribution in [0.2, 0.25) is 0 Å². The number of carbonyl (C=O) groups excluding carboxylic acids is 1. The van der Waals surface area contributed by atoms with Gasteiger partial charge < -0.3 is 15.4 Å². The average molecular weight is 567 g/mol. The highest BCUT2D eigenvalue weighted by atomic mass is 19.2. The number of nitrogens with zero attached hydrogens (tertiary/aromatic N) is 7. The van der Waals surface area contributed by atoms with Gasteiger partial charge in [-0.2, -0.15) is 0 Å². The summed E-state index contributed by atoms with van der Waals surface area (Å²) < 4.78 is 35.0. The van der Waals surface area contributed by atoms with Gasteiger partial charge in [-0.25, -0.2) is 18.6 Å². The quantitative estimate of drug-likeness (QED) is 0.320. The van der Waals surface area contributed by atoms with E-state index in [4.69, 9.17) is 10.5 Å². The van der Waals surface area contributed by atoms with Crippen molar-refractivity contribution in [2.75, 3.05) is 45.9 Å². The fraction of sp³-hybridized carbons (Fsp3) is 0.333. The number of fused-ring (bicyclic) bond motifs is 1. The Morgan fingerprint density at radius 1 is 1.00 bits per heavy atom. The maximum absolute atomic E-state index is 13.7. The Hall–Kier alpha value is -4.56. The molecule has 14 heteroatoms. The van der Waals surface area contributed by atoms with E-state index >= 15 is 0 Å². The molecule has 214 valence electrons. The Morgan fingerprint density at radius 3 is 2.41 bits per heavy atom. The van der Waals surface area contributed by atoms with Crippen molar-refractivity contribution in [1.82, 2.24) is 34.1 Å². The second-order valence-corrected chi connectivity index (χ2v) is 9.59. The van der Waals surface area contributed by atoms with Crippen LogP contribution in [0.25, 0.3) is 22.6 Å². The van der Waals surface area contributed by atoms with Crippen molar-refractivity contribution in [2.24, 2.45) is 12.8 Å². The lowest BCUT2D eigenvalue weighted by Crippen LogP contribution is -2.50. The molecule has 2 aromatic carbocycles. The number of nitrogens with two attached hydrogens (primary N) is 1. The van der Waals surface area contributed by atoms with Gasteiger partial charge in [0.1, 0.15) is 12.4 Å². The number of piperazine rings is 1. The van der Waals surface area contributed by atoms with E-state index in [-0.39, 0.29) is 36.0 Å². The largest absolute Gasteiger partial charge is 0.492 e. The Labute approximate surface area is 232 Å². The third-order valence-electron chi connectivity index (χ3n) is 6.96. The first-order valence-electron chi connectivity index (χ1n) is 13.0. The zero-order valence-corrected chi connectivity index (χ0v) is 22.3. The van der Waals surface area contributed by atoms with Crippen LogP contribution < -0.4 is 21.7 Å². The van der Waals surface area contributed by atoms with Crippen LogP contribution in [0.15, 0.2) is 52.1 Å². The summed E-state index contributed by atoms with van der Waals surface area (Å²) in [4.78, 5) is 45.8. The molecule has 1 aliphatic heterocycles. The number of carbonyl (C=O) groups is 1. The summed E-state index contributed by atoms with van der Waals surface area (Å²) in [5.74, 6) is -1.30. The molecular formula is C27H28F2N8O4. The molecule has 41 heavy (non-hydrogen) atoms. The molecule has 12 nitrogen and oxygen atoms in total. The van der Waals surface area contributed by atoms with Gasteiger partial charge in [0.2, 0.25) is 5.91 Å². The van der Waals surface area contributed by atoms with Crippen molar-refractivity contribution in [2.45, 2.75) is 6.54 Å². The molecule has 4 aromatic rings. The Balaban J connectivity index is 1.29. The molecule has 0 spiro atoms. The minimum absolute atomic E-state index is 0.0248. The van der Waals surface area contributed by atoms with E-state index in [1.807, 2.05) is 0 Å². The van der Waals surface area contributed by atoms with Crippen molar-refractivity contribution >= 4 is 17.1 Å². The fourth-order valence-electron chi connectivity index (χ4n) is 4.59. The van der Waals surface area contributed by atoms with E-state index in [0.717, 1.165) is 34.4 Å². The highest BCUT2D eigenvalue weighted by Crippen LogP contribution is 2.20. The van der Waals surface area contributed by atoms with Crippen LogP contribution in [-0.2, 0) is 18.4 Å². The summed E-state index contributed by atoms with van der Waals surface area (Å²) in [5, 5.41) is 8.22. The van der Waals surface area contributed by atoms with Gasteiger partial charge >= 0.3 is 5.69 Å². The summed E-state index contributed by atoms with van der Waals surface area (Å²) in [6.45, 7) is 3.84. The molecule has 0 radical (unpaired) electrons. The maximum Gasteiger partial charge on any atom is 0.332 e. The monoisotopic (exact) mass is 566 g/mol. The second kappa shape index (κ2) is 11.9. The fourth-order valence-corrected chi connectivity index (χ4v) is 4.59. The lowest BCUT2D eigenvalue weighted by Gasteiger charge is -2.34. The summed E-state index contributed by atoms with van der Waals surface area (Å²) in [5.41, 5.74) is 4.80. The standard InChI is InChI=1S/C27H28F2N8O4/c1-34-26(39)23-25(37(27(34)40)16-17-2-7-20(28)21(29)14-17)33-32-24(31-23)18-3-5-19(6-4-18)41-13-12-35-8-10-36(11-9-35)22(38)15-30/h2-7,14H,8-13,15-16,30H2,1H3. The molecule has 3 heterocycles. The molecule has 0 atom stereocenters. The number of hydrogen-bond donors (Lipinski definition) is 1. The van der Waals surface area contributed by atoms with Gasteiger partial charge in [-0.15, -0.1) is 10.2 Å². The normalized spacial score (nSPS) is 14.0. The number of hydrogen-bond acceptors (Lipinski definition) is 9. The van der Waals surface area contributed by atoms with E-state index in [1.54, 1.807) is 29.2 Å². The van der Waals surface area contributed by atoms with Crippen molar-refractivity contribution in [3.05, 3.63) is 80.5 Å². The van der Waals surface area contributed by atoms with E-state index in [2.05, 4.69) is 20.1 Å². The van der Waals surface area contributed by atoms with Crippen LogP contribution in [-0.4, -0.2) is 85.9 Å². The third-order valence-corrected chi connectivity index (χ3v) is 6.96. The topological polar surface area (TPSA) is 141 Å². The van der Waals surface area contributed by atoms with Crippen molar-refractivity contribution in [1.29, 1.82) is 0 Å². The number of benzene rings is 2. The molecule has 0 saturated carbocycles. The smallest absolute Gasteiger partial charge is 0.332 e. The van der Waals surface area contributed by atoms with Crippen LogP contribution in [0, 0.1) is 11.6 Å². The first-order chi connectivity index (χ1) is 19.7. The van der Waals surface area contributed by atoms with Crippen molar-refractivity contribution in [3.63, 3.8) is 0 Å². The summed E-state index contributed by atoms with van der Waals surface area (Å²) >= 11 is 0. The number of amides is 1. The van der Waals surface area contributed by atoms with Gasteiger partial charge in [0.25, 0.3) is 5.56 Å². The zero-order chi connectivity index (χ0) is 29.1. The molecule has 2 N–H and O–H groups in total. The average Bonchev–Trinajstić information content (AvgIpc) is 3.00. The van der Waals surface area contributed by atoms with Crippen molar-refractivity contribution < 1.29 is 18.3 Å². The SMILES string of the molecule is Cn1c(=O)c2nc(-c3ccc(OCCN4CCN(C(=O)CN)CC4)cc3)nnc2n(Cc2ccc(F)c(F)c2)c1=O. The highest BCUT2D eigenvalue weighted by Gasteiger charge is 2.20. The Kier molecular flexibility index (Phi) is 8.12. The van der Waals surface area contributed by atoms with Crippen LogP contribution in [0.4, 0.5) is 8.78 Å². The van der Waals surface area contributed by atoms with Crippen LogP contribution in [0.3, 0.4) is 0 Å².